The van der Waals surface area contributed by atoms with Gasteiger partial charge in [-0.05, 0) is 37.5 Å². The van der Waals surface area contributed by atoms with Crippen molar-refractivity contribution in [3.05, 3.63) is 29.8 Å². The van der Waals surface area contributed by atoms with E-state index in [1.165, 1.54) is 0 Å². The molecule has 7 nitrogen and oxygen atoms in total. The number of rotatable bonds is 7. The van der Waals surface area contributed by atoms with Gasteiger partial charge in [-0.3, -0.25) is 14.5 Å². The molecule has 1 aliphatic carbocycles. The van der Waals surface area contributed by atoms with Crippen LogP contribution in [0.25, 0.3) is 0 Å². The Kier molecular flexibility index (Phi) is 6.11. The number of benzene rings is 1. The van der Waals surface area contributed by atoms with Gasteiger partial charge < -0.3 is 20.1 Å². The van der Waals surface area contributed by atoms with Gasteiger partial charge in [0.25, 0.3) is 5.91 Å². The third kappa shape index (κ3) is 3.99. The summed E-state index contributed by atoms with van der Waals surface area (Å²) in [5.41, 5.74) is 0.167. The molecular weight excluding hydrogens is 334 g/mol. The number of hydrogen-bond donors (Lipinski definition) is 2. The first-order valence-corrected chi connectivity index (χ1v) is 9.19. The lowest BCUT2D eigenvalue weighted by molar-refractivity contribution is -0.144. The molecule has 0 spiro atoms. The second-order valence-corrected chi connectivity index (χ2v) is 6.73. The molecule has 2 fully saturated rings. The average molecular weight is 361 g/mol. The van der Waals surface area contributed by atoms with Crippen LogP contribution in [0.1, 0.15) is 29.6 Å². The quantitative estimate of drug-likeness (QED) is 0.702. The van der Waals surface area contributed by atoms with Crippen LogP contribution in [0.3, 0.4) is 0 Å². The highest BCUT2D eigenvalue weighted by molar-refractivity contribution is 5.94. The van der Waals surface area contributed by atoms with Crippen molar-refractivity contribution in [1.29, 1.82) is 0 Å². The van der Waals surface area contributed by atoms with Crippen molar-refractivity contribution in [2.45, 2.75) is 24.8 Å². The van der Waals surface area contributed by atoms with Gasteiger partial charge in [0, 0.05) is 31.7 Å². The Morgan fingerprint density at radius 3 is 2.58 bits per heavy atom. The third-order valence-corrected chi connectivity index (χ3v) is 5.25. The van der Waals surface area contributed by atoms with E-state index in [-0.39, 0.29) is 17.4 Å². The maximum Gasteiger partial charge on any atom is 0.251 e. The fourth-order valence-electron chi connectivity index (χ4n) is 3.57. The van der Waals surface area contributed by atoms with Crippen LogP contribution in [0, 0.1) is 0 Å². The molecule has 0 bridgehead atoms. The normalized spacial score (nSPS) is 19.3. The number of carbonyl (C=O) groups is 2. The van der Waals surface area contributed by atoms with Crippen LogP contribution in [0.2, 0.25) is 0 Å². The van der Waals surface area contributed by atoms with E-state index in [0.29, 0.717) is 37.6 Å². The molecule has 0 atom stereocenters. The first kappa shape index (κ1) is 18.7. The number of nitrogens with one attached hydrogen (secondary N) is 2. The number of ether oxygens (including phenoxy) is 2. The Bertz CT molecular complexity index is 639. The van der Waals surface area contributed by atoms with Crippen molar-refractivity contribution in [2.75, 3.05) is 46.5 Å². The van der Waals surface area contributed by atoms with Crippen LogP contribution < -0.4 is 15.4 Å². The highest BCUT2D eigenvalue weighted by atomic mass is 16.5. The number of methoxy groups -OCH3 is 1. The number of morpholine rings is 1. The fourth-order valence-corrected chi connectivity index (χ4v) is 3.57. The lowest BCUT2D eigenvalue weighted by Crippen LogP contribution is -2.65. The van der Waals surface area contributed by atoms with Crippen LogP contribution >= 0.6 is 0 Å². The van der Waals surface area contributed by atoms with Gasteiger partial charge >= 0.3 is 0 Å². The van der Waals surface area contributed by atoms with E-state index >= 15 is 0 Å². The maximum absolute atomic E-state index is 12.7. The van der Waals surface area contributed by atoms with Gasteiger partial charge in [-0.2, -0.15) is 0 Å². The van der Waals surface area contributed by atoms with Crippen LogP contribution in [-0.2, 0) is 9.53 Å². The predicted octanol–water partition coefficient (Wildman–Crippen LogP) is 0.796. The molecule has 3 rings (SSSR count). The van der Waals surface area contributed by atoms with Crippen molar-refractivity contribution in [2.24, 2.45) is 0 Å². The van der Waals surface area contributed by atoms with E-state index < -0.39 is 0 Å². The van der Waals surface area contributed by atoms with E-state index in [1.54, 1.807) is 31.4 Å². The minimum absolute atomic E-state index is 0.0706. The molecule has 2 N–H and O–H groups in total. The van der Waals surface area contributed by atoms with E-state index in [9.17, 15) is 9.59 Å². The highest BCUT2D eigenvalue weighted by Crippen LogP contribution is 2.38. The Morgan fingerprint density at radius 2 is 1.92 bits per heavy atom. The van der Waals surface area contributed by atoms with Crippen molar-refractivity contribution in [3.63, 3.8) is 0 Å². The number of amides is 2. The predicted molar refractivity (Wildman–Crippen MR) is 97.3 cm³/mol. The molecule has 1 aromatic carbocycles. The summed E-state index contributed by atoms with van der Waals surface area (Å²) in [6.07, 6.45) is 2.88. The first-order chi connectivity index (χ1) is 12.7. The highest BCUT2D eigenvalue weighted by Gasteiger charge is 2.48. The molecule has 1 aliphatic heterocycles. The smallest absolute Gasteiger partial charge is 0.251 e. The topological polar surface area (TPSA) is 79.9 Å². The summed E-state index contributed by atoms with van der Waals surface area (Å²) in [4.78, 5) is 27.1. The summed E-state index contributed by atoms with van der Waals surface area (Å²) in [6, 6.07) is 6.99. The number of nitrogens with zero attached hydrogens (tertiary/aromatic N) is 1. The molecule has 7 heteroatoms. The maximum atomic E-state index is 12.7. The summed E-state index contributed by atoms with van der Waals surface area (Å²) < 4.78 is 10.5. The summed E-state index contributed by atoms with van der Waals surface area (Å²) in [7, 11) is 1.57. The second kappa shape index (κ2) is 8.51. The average Bonchev–Trinajstić information content (AvgIpc) is 2.65. The molecular formula is C19H27N3O4. The summed E-state index contributed by atoms with van der Waals surface area (Å²) >= 11 is 0. The zero-order valence-corrected chi connectivity index (χ0v) is 15.3. The number of carbonyl (C=O) groups excluding carboxylic acids is 2. The Morgan fingerprint density at radius 1 is 1.19 bits per heavy atom. The molecule has 2 amide bonds. The lowest BCUT2D eigenvalue weighted by atomic mass is 9.74. The van der Waals surface area contributed by atoms with Crippen molar-refractivity contribution in [3.8, 4) is 5.75 Å². The van der Waals surface area contributed by atoms with E-state index in [2.05, 4.69) is 15.5 Å². The van der Waals surface area contributed by atoms with Crippen LogP contribution in [0.15, 0.2) is 24.3 Å². The van der Waals surface area contributed by atoms with Gasteiger partial charge in [-0.25, -0.2) is 0 Å². The summed E-state index contributed by atoms with van der Waals surface area (Å²) in [5, 5.41) is 5.82. The van der Waals surface area contributed by atoms with E-state index in [0.717, 1.165) is 32.4 Å². The van der Waals surface area contributed by atoms with Gasteiger partial charge in [-0.1, -0.05) is 6.07 Å². The summed E-state index contributed by atoms with van der Waals surface area (Å²) in [5.74, 6) is 0.536. The molecule has 26 heavy (non-hydrogen) atoms. The molecule has 1 heterocycles. The van der Waals surface area contributed by atoms with Gasteiger partial charge in [0.15, 0.2) is 0 Å². The van der Waals surface area contributed by atoms with Crippen molar-refractivity contribution < 1.29 is 19.1 Å². The monoisotopic (exact) mass is 361 g/mol. The molecule has 0 radical (unpaired) electrons. The van der Waals surface area contributed by atoms with Crippen LogP contribution in [-0.4, -0.2) is 68.8 Å². The van der Waals surface area contributed by atoms with Crippen molar-refractivity contribution >= 4 is 11.8 Å². The zero-order valence-electron chi connectivity index (χ0n) is 15.3. The molecule has 1 saturated carbocycles. The van der Waals surface area contributed by atoms with Crippen molar-refractivity contribution in [1.82, 2.24) is 15.5 Å². The Balaban J connectivity index is 1.45. The SMILES string of the molecule is COc1cccc(C(=O)NCCNC(=O)C2(N3CCOCC3)CCC2)c1. The largest absolute Gasteiger partial charge is 0.497 e. The zero-order chi connectivity index (χ0) is 18.4. The minimum Gasteiger partial charge on any atom is -0.497 e. The molecule has 0 unspecified atom stereocenters. The number of hydrogen-bond acceptors (Lipinski definition) is 5. The Hall–Kier alpha value is -2.12. The second-order valence-electron chi connectivity index (χ2n) is 6.73. The lowest BCUT2D eigenvalue weighted by Gasteiger charge is -2.50. The van der Waals surface area contributed by atoms with Gasteiger partial charge in [0.05, 0.1) is 20.3 Å². The first-order valence-electron chi connectivity index (χ1n) is 9.19. The van der Waals surface area contributed by atoms with E-state index in [1.807, 2.05) is 0 Å². The minimum atomic E-state index is -0.374. The van der Waals surface area contributed by atoms with E-state index in [4.69, 9.17) is 9.47 Å². The standard InChI is InChI=1S/C19H27N3O4/c1-25-16-5-2-4-15(14-16)17(23)20-8-9-21-18(24)19(6-3-7-19)22-10-12-26-13-11-22/h2,4-5,14H,3,6-13H2,1H3,(H,20,23)(H,21,24). The molecule has 1 saturated heterocycles. The van der Waals surface area contributed by atoms with Gasteiger partial charge in [0.2, 0.25) is 5.91 Å². The fraction of sp³-hybridized carbons (Fsp3) is 0.579. The van der Waals surface area contributed by atoms with Gasteiger partial charge in [0.1, 0.15) is 11.3 Å². The molecule has 2 aliphatic rings. The molecule has 1 aromatic rings. The van der Waals surface area contributed by atoms with Crippen LogP contribution in [0.5, 0.6) is 5.75 Å². The summed E-state index contributed by atoms with van der Waals surface area (Å²) in [6.45, 7) is 3.79. The molecule has 0 aromatic heterocycles. The Labute approximate surface area is 154 Å². The third-order valence-electron chi connectivity index (χ3n) is 5.25. The van der Waals surface area contributed by atoms with Crippen LogP contribution in [0.4, 0.5) is 0 Å². The molecule has 142 valence electrons. The van der Waals surface area contributed by atoms with Gasteiger partial charge in [-0.15, -0.1) is 0 Å².